The summed E-state index contributed by atoms with van der Waals surface area (Å²) in [5, 5.41) is 5.82. The van der Waals surface area contributed by atoms with Crippen LogP contribution in [0.4, 0.5) is 10.5 Å². The van der Waals surface area contributed by atoms with E-state index >= 15 is 0 Å². The summed E-state index contributed by atoms with van der Waals surface area (Å²) in [7, 11) is 0. The fourth-order valence-electron chi connectivity index (χ4n) is 4.43. The molecule has 0 aromatic heterocycles. The topological polar surface area (TPSA) is 87.7 Å². The summed E-state index contributed by atoms with van der Waals surface area (Å²) < 4.78 is 5.49. The second-order valence-corrected chi connectivity index (χ2v) is 12.1. The highest BCUT2D eigenvalue weighted by molar-refractivity contribution is 6.00. The van der Waals surface area contributed by atoms with Crippen LogP contribution in [0.2, 0.25) is 0 Å². The van der Waals surface area contributed by atoms with Gasteiger partial charge in [-0.15, -0.1) is 6.42 Å². The Kier molecular flexibility index (Phi) is 11.0. The summed E-state index contributed by atoms with van der Waals surface area (Å²) in [5.41, 5.74) is 1.06. The van der Waals surface area contributed by atoms with Gasteiger partial charge in [0.1, 0.15) is 17.7 Å². The van der Waals surface area contributed by atoms with E-state index in [1.165, 1.54) is 0 Å². The number of alkyl carbamates (subject to hydrolysis) is 1. The third-order valence-corrected chi connectivity index (χ3v) is 6.77. The minimum atomic E-state index is -1.07. The number of rotatable bonds is 10. The van der Waals surface area contributed by atoms with Crippen molar-refractivity contribution >= 4 is 23.6 Å². The van der Waals surface area contributed by atoms with E-state index in [2.05, 4.69) is 16.6 Å². The number of nitrogens with zero attached hydrogens (tertiary/aromatic N) is 1. The van der Waals surface area contributed by atoms with Crippen LogP contribution in [-0.4, -0.2) is 40.0 Å². The van der Waals surface area contributed by atoms with E-state index in [1.54, 1.807) is 49.9 Å². The maximum atomic E-state index is 14.5. The zero-order valence-electron chi connectivity index (χ0n) is 25.4. The van der Waals surface area contributed by atoms with Crippen molar-refractivity contribution in [1.82, 2.24) is 10.2 Å². The first kappa shape index (κ1) is 32.4. The van der Waals surface area contributed by atoms with Crippen molar-refractivity contribution < 1.29 is 19.1 Å². The molecule has 0 spiro atoms. The van der Waals surface area contributed by atoms with E-state index < -0.39 is 35.2 Å². The van der Waals surface area contributed by atoms with Gasteiger partial charge in [0.2, 0.25) is 5.91 Å². The number of hydrogen-bond donors (Lipinski definition) is 2. The first-order valence-electron chi connectivity index (χ1n) is 13.9. The van der Waals surface area contributed by atoms with Gasteiger partial charge in [0, 0.05) is 16.8 Å². The number of terminal acetylenes is 1. The molecule has 0 saturated heterocycles. The molecule has 3 amide bonds. The number of aryl methyl sites for hydroxylation is 1. The average molecular weight is 548 g/mol. The van der Waals surface area contributed by atoms with Gasteiger partial charge in [0.25, 0.3) is 5.91 Å². The van der Waals surface area contributed by atoms with Crippen LogP contribution in [0.15, 0.2) is 48.5 Å². The maximum Gasteiger partial charge on any atom is 0.408 e. The molecule has 0 heterocycles. The fraction of sp³-hybridized carbons (Fsp3) is 0.485. The molecule has 2 aromatic carbocycles. The SMILES string of the molecule is C#Cc1ccccc1C(C(=O)Nc1ccccc1C)N(C(=O)C(CC(C)C)NC(=O)OC(C)(C)C)C(C)(C)CC. The van der Waals surface area contributed by atoms with E-state index in [1.807, 2.05) is 65.8 Å². The van der Waals surface area contributed by atoms with Crippen LogP contribution in [0.3, 0.4) is 0 Å². The van der Waals surface area contributed by atoms with Crippen molar-refractivity contribution in [3.8, 4) is 12.3 Å². The minimum Gasteiger partial charge on any atom is -0.444 e. The summed E-state index contributed by atoms with van der Waals surface area (Å²) in [6, 6.07) is 12.6. The number of nitrogens with one attached hydrogen (secondary N) is 2. The molecule has 7 heteroatoms. The Labute approximate surface area is 240 Å². The lowest BCUT2D eigenvalue weighted by molar-refractivity contribution is -0.148. The molecular formula is C33H45N3O4. The smallest absolute Gasteiger partial charge is 0.408 e. The van der Waals surface area contributed by atoms with Crippen molar-refractivity contribution in [1.29, 1.82) is 0 Å². The molecule has 2 N–H and O–H groups in total. The van der Waals surface area contributed by atoms with E-state index in [9.17, 15) is 14.4 Å². The number of amides is 3. The summed E-state index contributed by atoms with van der Waals surface area (Å²) in [6.07, 6.45) is 6.09. The van der Waals surface area contributed by atoms with E-state index in [-0.39, 0.29) is 11.8 Å². The normalized spacial score (nSPS) is 13.1. The lowest BCUT2D eigenvalue weighted by Crippen LogP contribution is -2.59. The lowest BCUT2D eigenvalue weighted by atomic mass is 9.89. The third kappa shape index (κ3) is 8.61. The molecule has 0 saturated carbocycles. The molecule has 0 aliphatic carbocycles. The molecule has 2 unspecified atom stereocenters. The number of anilines is 1. The number of hydrogen-bond acceptors (Lipinski definition) is 4. The first-order chi connectivity index (χ1) is 18.6. The first-order valence-corrected chi connectivity index (χ1v) is 13.9. The van der Waals surface area contributed by atoms with Crippen LogP contribution in [0.25, 0.3) is 0 Å². The van der Waals surface area contributed by atoms with Crippen LogP contribution < -0.4 is 10.6 Å². The summed E-state index contributed by atoms with van der Waals surface area (Å²) in [4.78, 5) is 43.2. The highest BCUT2D eigenvalue weighted by Crippen LogP contribution is 2.35. The van der Waals surface area contributed by atoms with E-state index in [0.29, 0.717) is 29.7 Å². The monoisotopic (exact) mass is 547 g/mol. The zero-order chi connectivity index (χ0) is 30.3. The Balaban J connectivity index is 2.72. The molecule has 2 atom stereocenters. The Morgan fingerprint density at radius 3 is 2.15 bits per heavy atom. The van der Waals surface area contributed by atoms with Crippen molar-refractivity contribution in [2.75, 3.05) is 5.32 Å². The molecule has 216 valence electrons. The molecule has 40 heavy (non-hydrogen) atoms. The van der Waals surface area contributed by atoms with E-state index in [4.69, 9.17) is 11.2 Å². The van der Waals surface area contributed by atoms with Gasteiger partial charge in [-0.25, -0.2) is 4.79 Å². The highest BCUT2D eigenvalue weighted by atomic mass is 16.6. The Morgan fingerprint density at radius 2 is 1.60 bits per heavy atom. The number of ether oxygens (including phenoxy) is 1. The van der Waals surface area contributed by atoms with E-state index in [0.717, 1.165) is 5.56 Å². The van der Waals surface area contributed by atoms with Gasteiger partial charge in [0.15, 0.2) is 0 Å². The van der Waals surface area contributed by atoms with Gasteiger partial charge in [-0.1, -0.05) is 63.1 Å². The molecule has 0 aliphatic rings. The van der Waals surface area contributed by atoms with Crippen LogP contribution >= 0.6 is 0 Å². The van der Waals surface area contributed by atoms with Gasteiger partial charge in [0.05, 0.1) is 0 Å². The lowest BCUT2D eigenvalue weighted by Gasteiger charge is -2.45. The molecule has 7 nitrogen and oxygen atoms in total. The van der Waals surface area contributed by atoms with Crippen LogP contribution in [-0.2, 0) is 14.3 Å². The molecule has 2 aromatic rings. The maximum absolute atomic E-state index is 14.5. The number of carbonyl (C=O) groups excluding carboxylic acids is 3. The molecule has 0 fully saturated rings. The third-order valence-electron chi connectivity index (χ3n) is 6.77. The Hall–Kier alpha value is -3.79. The van der Waals surface area contributed by atoms with Gasteiger partial charge < -0.3 is 20.3 Å². The predicted octanol–water partition coefficient (Wildman–Crippen LogP) is 6.61. The second-order valence-electron chi connectivity index (χ2n) is 12.1. The standard InChI is InChI=1S/C33H45N3O4/c1-11-24-18-14-15-19-25(24)28(29(37)34-26-20-16-13-17-23(26)5)36(33(9,10)12-2)30(38)27(21-22(3)4)35-31(39)40-32(6,7)8/h1,13-20,22,27-28H,12,21H2,2-10H3,(H,34,37)(H,35,39). The van der Waals surface area contributed by atoms with Crippen LogP contribution in [0.1, 0.15) is 91.0 Å². The summed E-state index contributed by atoms with van der Waals surface area (Å²) >= 11 is 0. The van der Waals surface area contributed by atoms with Crippen molar-refractivity contribution in [3.63, 3.8) is 0 Å². The predicted molar refractivity (Wildman–Crippen MR) is 161 cm³/mol. The number of para-hydroxylation sites is 1. The molecule has 0 aliphatic heterocycles. The minimum absolute atomic E-state index is 0.0766. The van der Waals surface area contributed by atoms with Crippen LogP contribution in [0, 0.1) is 25.2 Å². The number of benzene rings is 2. The van der Waals surface area contributed by atoms with Gasteiger partial charge in [-0.2, -0.15) is 0 Å². The summed E-state index contributed by atoms with van der Waals surface area (Å²) in [6.45, 7) is 16.9. The van der Waals surface area contributed by atoms with Crippen molar-refractivity contribution in [2.24, 2.45) is 5.92 Å². The van der Waals surface area contributed by atoms with Crippen LogP contribution in [0.5, 0.6) is 0 Å². The van der Waals surface area contributed by atoms with Crippen molar-refractivity contribution in [3.05, 3.63) is 65.2 Å². The quantitative estimate of drug-likeness (QED) is 0.328. The molecule has 0 bridgehead atoms. The molecule has 2 rings (SSSR count). The van der Waals surface area contributed by atoms with Gasteiger partial charge in [-0.3, -0.25) is 9.59 Å². The summed E-state index contributed by atoms with van der Waals surface area (Å²) in [5.74, 6) is 1.98. The largest absolute Gasteiger partial charge is 0.444 e. The Bertz CT molecular complexity index is 1240. The molecule has 0 radical (unpaired) electrons. The van der Waals surface area contributed by atoms with Gasteiger partial charge in [-0.05, 0) is 83.6 Å². The van der Waals surface area contributed by atoms with Gasteiger partial charge >= 0.3 is 6.09 Å². The molecular weight excluding hydrogens is 502 g/mol. The second kappa shape index (κ2) is 13.5. The Morgan fingerprint density at radius 1 is 1.00 bits per heavy atom. The highest BCUT2D eigenvalue weighted by Gasteiger charge is 2.44. The fourth-order valence-corrected chi connectivity index (χ4v) is 4.43. The average Bonchev–Trinajstić information content (AvgIpc) is 2.86. The zero-order valence-corrected chi connectivity index (χ0v) is 25.4. The van der Waals surface area contributed by atoms with Crippen molar-refractivity contribution in [2.45, 2.75) is 98.4 Å². The number of carbonyl (C=O) groups is 3.